The van der Waals surface area contributed by atoms with Gasteiger partial charge in [0.05, 0.1) is 23.9 Å². The molecule has 10 heteroatoms. The van der Waals surface area contributed by atoms with Gasteiger partial charge in [0.2, 0.25) is 0 Å². The molecule has 0 bridgehead atoms. The average Bonchev–Trinajstić information content (AvgIpc) is 2.77. The molecule has 0 aliphatic carbocycles. The van der Waals surface area contributed by atoms with E-state index in [1.54, 1.807) is 24.3 Å². The Hall–Kier alpha value is -3.82. The highest BCUT2D eigenvalue weighted by Gasteiger charge is 2.32. The van der Waals surface area contributed by atoms with Crippen LogP contribution in [0, 0.1) is 5.82 Å². The second-order valence-electron chi connectivity index (χ2n) is 7.24. The highest BCUT2D eigenvalue weighted by Crippen LogP contribution is 2.33. The summed E-state index contributed by atoms with van der Waals surface area (Å²) < 4.78 is 59.1. The number of benzene rings is 2. The molecular weight excluding hydrogens is 444 g/mol. The SMILES string of the molecule is COc1ccc(CCNC(=O)c2cc(-c3cc(F)cc(C(F)(F)F)c3)n(C)c(=O)c2O)cc1. The molecule has 1 aromatic heterocycles. The van der Waals surface area contributed by atoms with Crippen LogP contribution in [-0.2, 0) is 19.6 Å². The predicted octanol–water partition coefficient (Wildman–Crippen LogP) is 3.90. The molecule has 1 amide bonds. The molecule has 0 fully saturated rings. The van der Waals surface area contributed by atoms with Gasteiger partial charge in [0.25, 0.3) is 11.5 Å². The number of nitrogens with one attached hydrogen (secondary N) is 1. The van der Waals surface area contributed by atoms with E-state index in [2.05, 4.69) is 5.32 Å². The van der Waals surface area contributed by atoms with Crippen molar-refractivity contribution in [1.82, 2.24) is 9.88 Å². The van der Waals surface area contributed by atoms with Gasteiger partial charge < -0.3 is 19.7 Å². The average molecular weight is 464 g/mol. The van der Waals surface area contributed by atoms with E-state index >= 15 is 0 Å². The van der Waals surface area contributed by atoms with Crippen LogP contribution in [0.4, 0.5) is 17.6 Å². The summed E-state index contributed by atoms with van der Waals surface area (Å²) in [6.45, 7) is 0.160. The van der Waals surface area contributed by atoms with Crippen LogP contribution >= 0.6 is 0 Å². The third kappa shape index (κ3) is 5.33. The minimum absolute atomic E-state index is 0.160. The number of carbonyl (C=O) groups excluding carboxylic acids is 1. The number of rotatable bonds is 6. The molecule has 0 spiro atoms. The Bertz CT molecular complexity index is 1230. The van der Waals surface area contributed by atoms with Crippen LogP contribution in [0.25, 0.3) is 11.3 Å². The van der Waals surface area contributed by atoms with Gasteiger partial charge in [-0.15, -0.1) is 0 Å². The van der Waals surface area contributed by atoms with E-state index in [1.165, 1.54) is 14.2 Å². The Morgan fingerprint density at radius 3 is 2.39 bits per heavy atom. The zero-order valence-electron chi connectivity index (χ0n) is 17.7. The van der Waals surface area contributed by atoms with Crippen LogP contribution in [0.1, 0.15) is 21.5 Å². The summed E-state index contributed by atoms with van der Waals surface area (Å²) in [6, 6.07) is 9.98. The molecule has 0 radical (unpaired) electrons. The number of hydrogen-bond donors (Lipinski definition) is 2. The highest BCUT2D eigenvalue weighted by atomic mass is 19.4. The van der Waals surface area contributed by atoms with Crippen molar-refractivity contribution in [2.45, 2.75) is 12.6 Å². The number of carbonyl (C=O) groups is 1. The molecule has 0 aliphatic heterocycles. The molecule has 33 heavy (non-hydrogen) atoms. The molecule has 0 saturated carbocycles. The molecule has 1 heterocycles. The molecule has 3 aromatic rings. The van der Waals surface area contributed by atoms with Gasteiger partial charge >= 0.3 is 6.18 Å². The summed E-state index contributed by atoms with van der Waals surface area (Å²) in [5.74, 6) is -2.15. The topological polar surface area (TPSA) is 80.6 Å². The first-order chi connectivity index (χ1) is 15.5. The number of aromatic nitrogens is 1. The third-order valence-electron chi connectivity index (χ3n) is 5.03. The third-order valence-corrected chi connectivity index (χ3v) is 5.03. The lowest BCUT2D eigenvalue weighted by molar-refractivity contribution is -0.137. The fourth-order valence-corrected chi connectivity index (χ4v) is 3.24. The van der Waals surface area contributed by atoms with Crippen molar-refractivity contribution in [2.24, 2.45) is 7.05 Å². The van der Waals surface area contributed by atoms with Gasteiger partial charge in [0.1, 0.15) is 11.6 Å². The fourth-order valence-electron chi connectivity index (χ4n) is 3.24. The van der Waals surface area contributed by atoms with E-state index in [0.717, 1.165) is 22.3 Å². The molecule has 2 aromatic carbocycles. The van der Waals surface area contributed by atoms with Gasteiger partial charge in [0, 0.05) is 19.2 Å². The number of methoxy groups -OCH3 is 1. The van der Waals surface area contributed by atoms with Crippen molar-refractivity contribution < 1.29 is 32.2 Å². The van der Waals surface area contributed by atoms with Gasteiger partial charge in [0.15, 0.2) is 5.75 Å². The maximum absolute atomic E-state index is 13.9. The Morgan fingerprint density at radius 2 is 1.79 bits per heavy atom. The van der Waals surface area contributed by atoms with Crippen molar-refractivity contribution in [3.63, 3.8) is 0 Å². The first-order valence-corrected chi connectivity index (χ1v) is 9.73. The molecule has 3 rings (SSSR count). The Kier molecular flexibility index (Phi) is 6.75. The largest absolute Gasteiger partial charge is 0.502 e. The van der Waals surface area contributed by atoms with E-state index in [9.17, 15) is 32.3 Å². The molecule has 174 valence electrons. The van der Waals surface area contributed by atoms with E-state index in [-0.39, 0.29) is 17.8 Å². The molecule has 0 aliphatic rings. The van der Waals surface area contributed by atoms with Gasteiger partial charge in [-0.2, -0.15) is 13.2 Å². The number of hydrogen-bond acceptors (Lipinski definition) is 4. The van der Waals surface area contributed by atoms with Crippen LogP contribution in [0.15, 0.2) is 53.3 Å². The second-order valence-corrected chi connectivity index (χ2v) is 7.24. The normalized spacial score (nSPS) is 11.3. The molecule has 0 unspecified atom stereocenters. The number of pyridine rings is 1. The monoisotopic (exact) mass is 464 g/mol. The quantitative estimate of drug-likeness (QED) is 0.543. The summed E-state index contributed by atoms with van der Waals surface area (Å²) >= 11 is 0. The lowest BCUT2D eigenvalue weighted by Gasteiger charge is -2.15. The molecule has 2 N–H and O–H groups in total. The minimum Gasteiger partial charge on any atom is -0.502 e. The standard InChI is InChI=1S/C23H20F4N2O4/c1-29-19(14-9-15(23(25,26)27)11-16(24)10-14)12-18(20(30)22(29)32)21(31)28-8-7-13-3-5-17(33-2)6-4-13/h3-6,9-12,30H,7-8H2,1-2H3,(H,28,31). The van der Waals surface area contributed by atoms with Crippen LogP contribution in [-0.4, -0.2) is 29.2 Å². The van der Waals surface area contributed by atoms with E-state index in [1.807, 2.05) is 0 Å². The number of alkyl halides is 3. The van der Waals surface area contributed by atoms with Gasteiger partial charge in [-0.3, -0.25) is 9.59 Å². The summed E-state index contributed by atoms with van der Waals surface area (Å²) in [7, 11) is 2.73. The Balaban J connectivity index is 1.88. The smallest absolute Gasteiger partial charge is 0.416 e. The van der Waals surface area contributed by atoms with Gasteiger partial charge in [-0.1, -0.05) is 12.1 Å². The highest BCUT2D eigenvalue weighted by molar-refractivity contribution is 5.97. The minimum atomic E-state index is -4.81. The van der Waals surface area contributed by atoms with Crippen molar-refractivity contribution >= 4 is 5.91 Å². The number of aromatic hydroxyl groups is 1. The number of nitrogens with zero attached hydrogens (tertiary/aromatic N) is 1. The second kappa shape index (κ2) is 9.35. The van der Waals surface area contributed by atoms with Gasteiger partial charge in [-0.05, 0) is 48.4 Å². The summed E-state index contributed by atoms with van der Waals surface area (Å²) in [4.78, 5) is 25.0. The first kappa shape index (κ1) is 23.8. The Morgan fingerprint density at radius 1 is 1.12 bits per heavy atom. The van der Waals surface area contributed by atoms with Crippen molar-refractivity contribution in [1.29, 1.82) is 0 Å². The Labute approximate surface area is 186 Å². The predicted molar refractivity (Wildman–Crippen MR) is 113 cm³/mol. The lowest BCUT2D eigenvalue weighted by Crippen LogP contribution is -2.29. The molecule has 6 nitrogen and oxygen atoms in total. The summed E-state index contributed by atoms with van der Waals surface area (Å²) in [5.41, 5.74) is -2.23. The molecular formula is C23H20F4N2O4. The number of halogens is 4. The summed E-state index contributed by atoms with van der Waals surface area (Å²) in [6.07, 6.45) is -4.37. The van der Waals surface area contributed by atoms with Crippen molar-refractivity contribution in [3.05, 3.63) is 81.4 Å². The van der Waals surface area contributed by atoms with E-state index in [4.69, 9.17) is 4.74 Å². The number of amides is 1. The van der Waals surface area contributed by atoms with Gasteiger partial charge in [-0.25, -0.2) is 4.39 Å². The summed E-state index contributed by atoms with van der Waals surface area (Å²) in [5, 5.41) is 12.7. The first-order valence-electron chi connectivity index (χ1n) is 9.73. The van der Waals surface area contributed by atoms with Crippen LogP contribution in [0.3, 0.4) is 0 Å². The lowest BCUT2D eigenvalue weighted by atomic mass is 10.0. The van der Waals surface area contributed by atoms with Crippen LogP contribution in [0.2, 0.25) is 0 Å². The maximum Gasteiger partial charge on any atom is 0.416 e. The van der Waals surface area contributed by atoms with Crippen LogP contribution in [0.5, 0.6) is 11.5 Å². The molecule has 0 saturated heterocycles. The van der Waals surface area contributed by atoms with Crippen molar-refractivity contribution in [2.75, 3.05) is 13.7 Å². The van der Waals surface area contributed by atoms with E-state index < -0.39 is 40.3 Å². The molecule has 0 atom stereocenters. The van der Waals surface area contributed by atoms with Crippen LogP contribution < -0.4 is 15.6 Å². The fraction of sp³-hybridized carbons (Fsp3) is 0.217. The maximum atomic E-state index is 13.9. The zero-order valence-corrected chi connectivity index (χ0v) is 17.7. The zero-order chi connectivity index (χ0) is 24.3. The van der Waals surface area contributed by atoms with Crippen molar-refractivity contribution in [3.8, 4) is 22.8 Å². The number of ether oxygens (including phenoxy) is 1. The van der Waals surface area contributed by atoms with E-state index in [0.29, 0.717) is 24.3 Å².